The highest BCUT2D eigenvalue weighted by molar-refractivity contribution is 5.85. The molecule has 0 aliphatic carbocycles. The first-order chi connectivity index (χ1) is 7.06. The smallest absolute Gasteiger partial charge is 0.322 e. The number of carbonyl (C=O) groups is 3. The quantitative estimate of drug-likeness (QED) is 0.487. The molecule has 0 aromatic rings. The molecule has 0 heterocycles. The van der Waals surface area contributed by atoms with Crippen LogP contribution in [0.1, 0.15) is 12.8 Å². The molecule has 0 rings (SSSR count). The first-order valence-corrected chi connectivity index (χ1v) is 4.42. The molecule has 2 amide bonds. The molecule has 0 fully saturated rings. The maximum atomic E-state index is 11.0. The number of rotatable bonds is 7. The van der Waals surface area contributed by atoms with Gasteiger partial charge in [0, 0.05) is 19.4 Å². The van der Waals surface area contributed by atoms with Crippen LogP contribution in [0, 0.1) is 0 Å². The standard InChI is InChI=1S/C9H14N2O4/c1-2-5-10-7(12)3-4-8(13)11-6-9(14)15/h2H,1,3-6H2,(H,10,12)(H,11,13)(H,14,15). The zero-order chi connectivity index (χ0) is 11.7. The van der Waals surface area contributed by atoms with Crippen molar-refractivity contribution in [1.29, 1.82) is 0 Å². The van der Waals surface area contributed by atoms with Gasteiger partial charge < -0.3 is 15.7 Å². The Morgan fingerprint density at radius 2 is 1.67 bits per heavy atom. The second kappa shape index (κ2) is 7.54. The minimum Gasteiger partial charge on any atom is -0.480 e. The van der Waals surface area contributed by atoms with Gasteiger partial charge in [-0.15, -0.1) is 6.58 Å². The molecule has 84 valence electrons. The lowest BCUT2D eigenvalue weighted by molar-refractivity contribution is -0.138. The maximum absolute atomic E-state index is 11.0. The van der Waals surface area contributed by atoms with Crippen LogP contribution in [-0.4, -0.2) is 36.0 Å². The Morgan fingerprint density at radius 3 is 2.13 bits per heavy atom. The minimum atomic E-state index is -1.11. The molecule has 0 aromatic carbocycles. The molecule has 0 saturated heterocycles. The van der Waals surface area contributed by atoms with Crippen LogP contribution in [-0.2, 0) is 14.4 Å². The van der Waals surface area contributed by atoms with Gasteiger partial charge in [0.1, 0.15) is 6.54 Å². The lowest BCUT2D eigenvalue weighted by Gasteiger charge is -2.02. The minimum absolute atomic E-state index is 0.0176. The van der Waals surface area contributed by atoms with Gasteiger partial charge in [-0.05, 0) is 0 Å². The Hall–Kier alpha value is -1.85. The zero-order valence-corrected chi connectivity index (χ0v) is 8.28. The molecule has 0 spiro atoms. The Labute approximate surface area is 87.3 Å². The van der Waals surface area contributed by atoms with E-state index in [9.17, 15) is 14.4 Å². The van der Waals surface area contributed by atoms with Crippen LogP contribution in [0.2, 0.25) is 0 Å². The van der Waals surface area contributed by atoms with Crippen molar-refractivity contribution in [2.75, 3.05) is 13.1 Å². The molecule has 15 heavy (non-hydrogen) atoms. The molecule has 6 nitrogen and oxygen atoms in total. The number of nitrogens with one attached hydrogen (secondary N) is 2. The third-order valence-electron chi connectivity index (χ3n) is 1.46. The van der Waals surface area contributed by atoms with Gasteiger partial charge in [-0.2, -0.15) is 0 Å². The number of aliphatic carboxylic acids is 1. The first-order valence-electron chi connectivity index (χ1n) is 4.42. The first kappa shape index (κ1) is 13.2. The summed E-state index contributed by atoms with van der Waals surface area (Å²) in [6.07, 6.45) is 1.55. The van der Waals surface area contributed by atoms with E-state index in [0.29, 0.717) is 6.54 Å². The normalized spacial score (nSPS) is 9.07. The van der Waals surface area contributed by atoms with E-state index in [1.165, 1.54) is 6.08 Å². The molecule has 0 unspecified atom stereocenters. The average molecular weight is 214 g/mol. The molecule has 3 N–H and O–H groups in total. The number of hydrogen-bond donors (Lipinski definition) is 3. The summed E-state index contributed by atoms with van der Waals surface area (Å²) in [6.45, 7) is 3.35. The van der Waals surface area contributed by atoms with Gasteiger partial charge in [0.25, 0.3) is 0 Å². The van der Waals surface area contributed by atoms with E-state index >= 15 is 0 Å². The van der Waals surface area contributed by atoms with E-state index < -0.39 is 18.4 Å². The van der Waals surface area contributed by atoms with E-state index in [0.717, 1.165) is 0 Å². The van der Waals surface area contributed by atoms with Crippen molar-refractivity contribution in [2.45, 2.75) is 12.8 Å². The summed E-state index contributed by atoms with van der Waals surface area (Å²) in [4.78, 5) is 32.0. The fourth-order valence-electron chi connectivity index (χ4n) is 0.764. The van der Waals surface area contributed by atoms with Gasteiger partial charge >= 0.3 is 5.97 Å². The average Bonchev–Trinajstić information content (AvgIpc) is 2.20. The summed E-state index contributed by atoms with van der Waals surface area (Å²) >= 11 is 0. The predicted molar refractivity (Wildman–Crippen MR) is 53.1 cm³/mol. The maximum Gasteiger partial charge on any atom is 0.322 e. The van der Waals surface area contributed by atoms with Gasteiger partial charge in [-0.1, -0.05) is 6.08 Å². The third kappa shape index (κ3) is 8.48. The second-order valence-electron chi connectivity index (χ2n) is 2.76. The topological polar surface area (TPSA) is 95.5 Å². The van der Waals surface area contributed by atoms with Crippen molar-refractivity contribution >= 4 is 17.8 Å². The van der Waals surface area contributed by atoms with Crippen LogP contribution < -0.4 is 10.6 Å². The zero-order valence-electron chi connectivity index (χ0n) is 8.28. The molecule has 0 bridgehead atoms. The van der Waals surface area contributed by atoms with E-state index in [1.54, 1.807) is 0 Å². The summed E-state index contributed by atoms with van der Waals surface area (Å²) in [5.41, 5.74) is 0. The lowest BCUT2D eigenvalue weighted by Crippen LogP contribution is -2.31. The van der Waals surface area contributed by atoms with Crippen molar-refractivity contribution in [3.63, 3.8) is 0 Å². The molecule has 0 aliphatic rings. The van der Waals surface area contributed by atoms with Crippen molar-refractivity contribution in [2.24, 2.45) is 0 Å². The van der Waals surface area contributed by atoms with Crippen molar-refractivity contribution in [3.8, 4) is 0 Å². The summed E-state index contributed by atoms with van der Waals surface area (Å²) in [6, 6.07) is 0. The van der Waals surface area contributed by atoms with Gasteiger partial charge in [0.2, 0.25) is 11.8 Å². The predicted octanol–water partition coefficient (Wildman–Crippen LogP) is -0.730. The highest BCUT2D eigenvalue weighted by Crippen LogP contribution is 1.88. The summed E-state index contributed by atoms with van der Waals surface area (Å²) in [7, 11) is 0. The Morgan fingerprint density at radius 1 is 1.13 bits per heavy atom. The molecule has 0 saturated carbocycles. The Bertz CT molecular complexity index is 263. The number of amides is 2. The summed E-state index contributed by atoms with van der Waals surface area (Å²) < 4.78 is 0. The molecule has 6 heteroatoms. The number of hydrogen-bond acceptors (Lipinski definition) is 3. The highest BCUT2D eigenvalue weighted by atomic mass is 16.4. The molecule has 0 aliphatic heterocycles. The number of carboxylic acid groups (broad SMARTS) is 1. The molecular weight excluding hydrogens is 200 g/mol. The van der Waals surface area contributed by atoms with Gasteiger partial charge in [-0.3, -0.25) is 14.4 Å². The molecule has 0 aromatic heterocycles. The fraction of sp³-hybridized carbons (Fsp3) is 0.444. The van der Waals surface area contributed by atoms with E-state index in [1.807, 2.05) is 0 Å². The summed E-state index contributed by atoms with van der Waals surface area (Å²) in [5.74, 6) is -1.83. The third-order valence-corrected chi connectivity index (χ3v) is 1.46. The van der Waals surface area contributed by atoms with Crippen LogP contribution in [0.3, 0.4) is 0 Å². The van der Waals surface area contributed by atoms with Gasteiger partial charge in [-0.25, -0.2) is 0 Å². The van der Waals surface area contributed by atoms with Crippen LogP contribution in [0.4, 0.5) is 0 Å². The van der Waals surface area contributed by atoms with E-state index in [-0.39, 0.29) is 18.7 Å². The van der Waals surface area contributed by atoms with Crippen molar-refractivity contribution < 1.29 is 19.5 Å². The van der Waals surface area contributed by atoms with Crippen LogP contribution >= 0.6 is 0 Å². The SMILES string of the molecule is C=CCNC(=O)CCC(=O)NCC(=O)O. The molecule has 0 atom stereocenters. The lowest BCUT2D eigenvalue weighted by atomic mass is 10.3. The van der Waals surface area contributed by atoms with Crippen LogP contribution in [0.15, 0.2) is 12.7 Å². The largest absolute Gasteiger partial charge is 0.480 e. The van der Waals surface area contributed by atoms with Gasteiger partial charge in [0.15, 0.2) is 0 Å². The monoisotopic (exact) mass is 214 g/mol. The fourth-order valence-corrected chi connectivity index (χ4v) is 0.764. The second-order valence-corrected chi connectivity index (χ2v) is 2.76. The van der Waals surface area contributed by atoms with Crippen molar-refractivity contribution in [1.82, 2.24) is 10.6 Å². The highest BCUT2D eigenvalue weighted by Gasteiger charge is 2.06. The van der Waals surface area contributed by atoms with Crippen LogP contribution in [0.25, 0.3) is 0 Å². The van der Waals surface area contributed by atoms with E-state index in [2.05, 4.69) is 17.2 Å². The molecule has 0 radical (unpaired) electrons. The number of carboxylic acids is 1. The van der Waals surface area contributed by atoms with Gasteiger partial charge in [0.05, 0.1) is 0 Å². The number of carbonyl (C=O) groups excluding carboxylic acids is 2. The Balaban J connectivity index is 3.57. The Kier molecular flexibility index (Phi) is 6.61. The van der Waals surface area contributed by atoms with Crippen molar-refractivity contribution in [3.05, 3.63) is 12.7 Å². The van der Waals surface area contributed by atoms with E-state index in [4.69, 9.17) is 5.11 Å². The van der Waals surface area contributed by atoms with Crippen LogP contribution in [0.5, 0.6) is 0 Å². The summed E-state index contributed by atoms with van der Waals surface area (Å²) in [5, 5.41) is 12.9. The molecular formula is C9H14N2O4.